The largest absolute Gasteiger partial charge is 0.309 e. The summed E-state index contributed by atoms with van der Waals surface area (Å²) < 4.78 is 4.69. The van der Waals surface area contributed by atoms with Crippen LogP contribution in [0, 0.1) is 0 Å². The maximum absolute atomic E-state index is 5.67. The first-order valence-corrected chi connectivity index (χ1v) is 27.8. The molecule has 1 atom stereocenters. The Morgan fingerprint density at radius 3 is 1.46 bits per heavy atom. The summed E-state index contributed by atoms with van der Waals surface area (Å²) >= 11 is 0. The number of fused-ring (bicyclic) bond motifs is 17. The zero-order valence-corrected chi connectivity index (χ0v) is 42.6. The lowest BCUT2D eigenvalue weighted by Gasteiger charge is -2.37. The smallest absolute Gasteiger partial charge is 0.182 e. The van der Waals surface area contributed by atoms with Crippen LogP contribution in [-0.2, 0) is 0 Å². The zero-order valence-electron chi connectivity index (χ0n) is 41.6. The Morgan fingerprint density at radius 2 is 0.882 bits per heavy atom. The second kappa shape index (κ2) is 17.1. The normalized spacial score (nSPS) is 14.8. The van der Waals surface area contributed by atoms with Crippen LogP contribution >= 0.6 is 0 Å². The fraction of sp³-hybridized carbons (Fsp3) is 0.0145. The van der Waals surface area contributed by atoms with Crippen molar-refractivity contribution < 1.29 is 0 Å². The molecule has 76 heavy (non-hydrogen) atoms. The average molecular weight is 987 g/mol. The van der Waals surface area contributed by atoms with E-state index < -0.39 is 8.07 Å². The minimum atomic E-state index is -3.30. The molecule has 1 unspecified atom stereocenters. The van der Waals surface area contributed by atoms with Gasteiger partial charge >= 0.3 is 0 Å². The Bertz CT molecular complexity index is 4540. The van der Waals surface area contributed by atoms with Crippen molar-refractivity contribution in [1.29, 1.82) is 0 Å². The van der Waals surface area contributed by atoms with Gasteiger partial charge in [-0.05, 0) is 99.6 Å². The number of amidine groups is 1. The van der Waals surface area contributed by atoms with Gasteiger partial charge in [0.15, 0.2) is 19.7 Å². The van der Waals surface area contributed by atoms with Crippen LogP contribution in [0.3, 0.4) is 0 Å². The molecule has 0 aliphatic carbocycles. The van der Waals surface area contributed by atoms with Crippen molar-refractivity contribution in [1.82, 2.24) is 19.1 Å². The highest BCUT2D eigenvalue weighted by atomic mass is 28.3. The monoisotopic (exact) mass is 986 g/mol. The molecule has 5 heterocycles. The molecule has 3 aromatic heterocycles. The molecule has 0 fully saturated rings. The van der Waals surface area contributed by atoms with Gasteiger partial charge in [0.1, 0.15) is 0 Å². The lowest BCUT2D eigenvalue weighted by Crippen LogP contribution is -2.76. The van der Waals surface area contributed by atoms with Crippen molar-refractivity contribution in [2.45, 2.75) is 6.92 Å². The maximum atomic E-state index is 5.67. The Balaban J connectivity index is 0.925. The summed E-state index contributed by atoms with van der Waals surface area (Å²) in [5.74, 6) is 1.23. The van der Waals surface area contributed by atoms with E-state index >= 15 is 0 Å². The molecule has 0 radical (unpaired) electrons. The number of aliphatic imine (C=N–C) groups is 2. The number of aromatic nitrogens is 4. The van der Waals surface area contributed by atoms with Crippen molar-refractivity contribution in [3.63, 3.8) is 0 Å². The molecule has 13 aromatic rings. The van der Waals surface area contributed by atoms with E-state index in [-0.39, 0.29) is 0 Å². The van der Waals surface area contributed by atoms with Crippen molar-refractivity contribution in [3.8, 4) is 45.1 Å². The van der Waals surface area contributed by atoms with Crippen LogP contribution in [0.4, 0.5) is 0 Å². The molecule has 2 aliphatic heterocycles. The predicted molar refractivity (Wildman–Crippen MR) is 319 cm³/mol. The summed E-state index contributed by atoms with van der Waals surface area (Å²) in [6.45, 7) is 6.40. The number of benzene rings is 10. The van der Waals surface area contributed by atoms with E-state index in [1.807, 2.05) is 0 Å². The second-order valence-electron chi connectivity index (χ2n) is 19.8. The van der Waals surface area contributed by atoms with E-state index in [1.165, 1.54) is 42.3 Å². The van der Waals surface area contributed by atoms with Gasteiger partial charge in [-0.1, -0.05) is 194 Å². The maximum Gasteiger partial charge on any atom is 0.182 e. The molecule has 6 nitrogen and oxygen atoms in total. The van der Waals surface area contributed by atoms with Crippen molar-refractivity contribution in [3.05, 3.63) is 266 Å². The van der Waals surface area contributed by atoms with Gasteiger partial charge < -0.3 is 9.13 Å². The summed E-state index contributed by atoms with van der Waals surface area (Å²) in [5.41, 5.74) is 16.9. The van der Waals surface area contributed by atoms with Gasteiger partial charge in [-0.3, -0.25) is 0 Å². The molecule has 356 valence electrons. The number of rotatable bonds is 5. The lowest BCUT2D eigenvalue weighted by atomic mass is 10.0. The number of hydrogen-bond donors (Lipinski definition) is 0. The summed E-state index contributed by atoms with van der Waals surface area (Å²) in [6.07, 6.45) is 2.07. The van der Waals surface area contributed by atoms with Crippen LogP contribution < -0.4 is 20.7 Å². The van der Waals surface area contributed by atoms with Crippen LogP contribution in [0.5, 0.6) is 0 Å². The third-order valence-corrected chi connectivity index (χ3v) is 20.9. The topological polar surface area (TPSA) is 60.4 Å². The van der Waals surface area contributed by atoms with E-state index in [1.54, 1.807) is 0 Å². The highest BCUT2D eigenvalue weighted by molar-refractivity contribution is 7.21. The fourth-order valence-electron chi connectivity index (χ4n) is 12.7. The molecule has 0 amide bonds. The fourth-order valence-corrected chi connectivity index (χ4v) is 18.4. The van der Waals surface area contributed by atoms with E-state index in [0.29, 0.717) is 11.7 Å². The molecular weight excluding hydrogens is 941 g/mol. The number of hydrogen-bond acceptors (Lipinski definition) is 3. The highest BCUT2D eigenvalue weighted by Gasteiger charge is 2.50. The minimum Gasteiger partial charge on any atom is -0.309 e. The molecule has 7 heteroatoms. The average Bonchev–Trinajstić information content (AvgIpc) is 4.05. The number of para-hydroxylation sites is 4. The quantitative estimate of drug-likeness (QED) is 0.0980. The van der Waals surface area contributed by atoms with Crippen molar-refractivity contribution in [2.24, 2.45) is 9.98 Å². The van der Waals surface area contributed by atoms with Gasteiger partial charge in [0, 0.05) is 66.9 Å². The predicted octanol–water partition coefficient (Wildman–Crippen LogP) is 13.7. The molecule has 1 spiro atoms. The summed E-state index contributed by atoms with van der Waals surface area (Å²) in [5, 5.41) is 9.97. The Hall–Kier alpha value is -9.82. The Labute approximate surface area is 440 Å². The third-order valence-electron chi connectivity index (χ3n) is 15.9. The lowest BCUT2D eigenvalue weighted by molar-refractivity contribution is 1.16. The highest BCUT2D eigenvalue weighted by Crippen LogP contribution is 2.41. The van der Waals surface area contributed by atoms with Crippen LogP contribution in [0.15, 0.2) is 259 Å². The molecule has 10 aromatic carbocycles. The van der Waals surface area contributed by atoms with Gasteiger partial charge in [0.05, 0.1) is 33.5 Å². The summed E-state index contributed by atoms with van der Waals surface area (Å²) in [4.78, 5) is 21.3. The van der Waals surface area contributed by atoms with Gasteiger partial charge in [0.25, 0.3) is 0 Å². The van der Waals surface area contributed by atoms with Gasteiger partial charge in [-0.25, -0.2) is 20.0 Å². The van der Waals surface area contributed by atoms with Gasteiger partial charge in [-0.15, -0.1) is 0 Å². The Kier molecular flexibility index (Phi) is 9.86. The Morgan fingerprint density at radius 1 is 0.434 bits per heavy atom. The molecule has 0 N–H and O–H groups in total. The molecular formula is C69H46N6Si. The van der Waals surface area contributed by atoms with Crippen LogP contribution in [0.2, 0.25) is 0 Å². The van der Waals surface area contributed by atoms with E-state index in [9.17, 15) is 0 Å². The summed E-state index contributed by atoms with van der Waals surface area (Å²) in [7, 11) is -3.30. The second-order valence-corrected chi connectivity index (χ2v) is 23.5. The first-order chi connectivity index (χ1) is 37.6. The zero-order chi connectivity index (χ0) is 50.5. The van der Waals surface area contributed by atoms with Crippen molar-refractivity contribution in [2.75, 3.05) is 0 Å². The van der Waals surface area contributed by atoms with Crippen LogP contribution in [0.25, 0.3) is 100 Å². The van der Waals surface area contributed by atoms with Gasteiger partial charge in [0.2, 0.25) is 0 Å². The first kappa shape index (κ1) is 43.7. The first-order valence-electron chi connectivity index (χ1n) is 25.8. The minimum absolute atomic E-state index is 0.556. The molecule has 0 saturated carbocycles. The van der Waals surface area contributed by atoms with Crippen LogP contribution in [-0.4, -0.2) is 39.7 Å². The molecule has 0 saturated heterocycles. The molecule has 0 bridgehead atoms. The van der Waals surface area contributed by atoms with Crippen molar-refractivity contribution >= 4 is 96.3 Å². The van der Waals surface area contributed by atoms with E-state index in [0.717, 1.165) is 89.3 Å². The van der Waals surface area contributed by atoms with E-state index in [4.69, 9.17) is 20.0 Å². The summed E-state index contributed by atoms with van der Waals surface area (Å²) in [6, 6.07) is 87.7. The standard InChI is InChI=1S/C69H46N6Si/c1-44-49-25-7-15-37-62(49)76(64-39-17-9-31-55(64)66(44)72-68(70-2)45-21-19-23-47(41-45)74-58-33-11-3-26-50(58)51-27-4-12-34-59(51)74)63-38-16-8-30-54(63)57-43-71-69(73-67(57)56-32-10-18-40-65(56)76)46-22-20-24-48(42-46)75-60-35-13-5-28-52(60)53-29-6-14-36-61(53)75/h3-43H,2H2,1H3. The van der Waals surface area contributed by atoms with E-state index in [2.05, 4.69) is 272 Å². The third kappa shape index (κ3) is 6.33. The molecule has 2 aliphatic rings. The molecule has 15 rings (SSSR count). The SMILES string of the molecule is C=NC(=NC1=C(C)c2ccccc2[Si]2(c3ccccc31)c1ccccc1-c1cnc(-c3cccc(-n4c5ccccc5c5ccccc54)c3)nc1-c1ccccc12)c1cccc(-n2c3ccccc3c3ccccc32)c1. The number of allylic oxidation sites excluding steroid dienone is 1. The number of nitrogens with zero attached hydrogens (tertiary/aromatic N) is 6. The van der Waals surface area contributed by atoms with Crippen LogP contribution in [0.1, 0.15) is 23.6 Å². The van der Waals surface area contributed by atoms with Gasteiger partial charge in [-0.2, -0.15) is 0 Å².